The Morgan fingerprint density at radius 1 is 1.31 bits per heavy atom. The Balaban J connectivity index is 2.00. The summed E-state index contributed by atoms with van der Waals surface area (Å²) in [4.78, 5) is 2.52. The molecule has 0 aliphatic carbocycles. The van der Waals surface area contributed by atoms with Gasteiger partial charge in [-0.25, -0.2) is 0 Å². The molecule has 78 valence electrons. The van der Waals surface area contributed by atoms with Gasteiger partial charge in [-0.2, -0.15) is 0 Å². The summed E-state index contributed by atoms with van der Waals surface area (Å²) in [5.74, 6) is 0. The van der Waals surface area contributed by atoms with Gasteiger partial charge in [0.2, 0.25) is 0 Å². The molecule has 1 nitrogen and oxygen atoms in total. The summed E-state index contributed by atoms with van der Waals surface area (Å²) in [6.45, 7) is 5.92. The van der Waals surface area contributed by atoms with Gasteiger partial charge in [0.1, 0.15) is 0 Å². The van der Waals surface area contributed by atoms with Gasteiger partial charge < -0.3 is 4.90 Å². The van der Waals surface area contributed by atoms with Crippen LogP contribution in [0.3, 0.4) is 0 Å². The number of piperidine rings is 1. The minimum Gasteiger partial charge on any atom is -0.302 e. The lowest BCUT2D eigenvalue weighted by atomic mass is 10.1. The number of hydrogen-bond donors (Lipinski definition) is 0. The molecule has 1 unspecified atom stereocenters. The molecule has 0 radical (unpaired) electrons. The number of likely N-dealkylation sites (tertiary alicyclic amines) is 1. The number of unbranched alkanes of at least 4 members (excludes halogenated alkanes) is 3. The van der Waals surface area contributed by atoms with E-state index in [-0.39, 0.29) is 0 Å². The van der Waals surface area contributed by atoms with Crippen LogP contribution in [-0.2, 0) is 0 Å². The molecule has 0 N–H and O–H groups in total. The lowest BCUT2D eigenvalue weighted by molar-refractivity contribution is 0.227. The molecule has 1 rings (SSSR count). The molecule has 1 saturated heterocycles. The van der Waals surface area contributed by atoms with Crippen LogP contribution in [0.15, 0.2) is 0 Å². The Labute approximate surface area is 87.4 Å². The van der Waals surface area contributed by atoms with Gasteiger partial charge in [-0.3, -0.25) is 0 Å². The molecule has 13 heavy (non-hydrogen) atoms. The molecular weight excluding hydrogens is 182 g/mol. The molecule has 0 spiro atoms. The first-order chi connectivity index (χ1) is 6.33. The maximum atomic E-state index is 6.11. The summed E-state index contributed by atoms with van der Waals surface area (Å²) in [7, 11) is 0. The normalized spacial score (nSPS) is 24.9. The second kappa shape index (κ2) is 6.67. The molecule has 0 aromatic heterocycles. The van der Waals surface area contributed by atoms with Gasteiger partial charge in [0.15, 0.2) is 0 Å². The molecule has 1 fully saturated rings. The second-order valence-corrected chi connectivity index (χ2v) is 4.72. The van der Waals surface area contributed by atoms with Crippen LogP contribution in [0.5, 0.6) is 0 Å². The summed E-state index contributed by atoms with van der Waals surface area (Å²) >= 11 is 6.11. The second-order valence-electron chi connectivity index (χ2n) is 4.10. The van der Waals surface area contributed by atoms with E-state index in [0.29, 0.717) is 5.38 Å². The highest BCUT2D eigenvalue weighted by Crippen LogP contribution is 2.15. The maximum Gasteiger partial charge on any atom is 0.0463 e. The van der Waals surface area contributed by atoms with Crippen LogP contribution < -0.4 is 0 Å². The largest absolute Gasteiger partial charge is 0.302 e. The molecule has 1 atom stereocenters. The van der Waals surface area contributed by atoms with Crippen molar-refractivity contribution in [2.75, 3.05) is 19.6 Å². The average Bonchev–Trinajstić information content (AvgIpc) is 2.13. The van der Waals surface area contributed by atoms with E-state index in [1.54, 1.807) is 0 Å². The van der Waals surface area contributed by atoms with Crippen LogP contribution in [0.25, 0.3) is 0 Å². The van der Waals surface area contributed by atoms with E-state index in [9.17, 15) is 0 Å². The first-order valence-electron chi connectivity index (χ1n) is 5.69. The van der Waals surface area contributed by atoms with E-state index in [0.717, 1.165) is 6.54 Å². The minimum absolute atomic E-state index is 0.417. The quantitative estimate of drug-likeness (QED) is 0.490. The van der Waals surface area contributed by atoms with Crippen molar-refractivity contribution in [2.24, 2.45) is 0 Å². The van der Waals surface area contributed by atoms with Crippen LogP contribution in [0.2, 0.25) is 0 Å². The molecule has 0 bridgehead atoms. The van der Waals surface area contributed by atoms with Crippen LogP contribution in [0.4, 0.5) is 0 Å². The number of halogens is 1. The van der Waals surface area contributed by atoms with E-state index < -0.39 is 0 Å². The Bertz CT molecular complexity index is 127. The Morgan fingerprint density at radius 2 is 2.15 bits per heavy atom. The summed E-state index contributed by atoms with van der Waals surface area (Å²) in [5.41, 5.74) is 0. The third-order valence-electron chi connectivity index (χ3n) is 2.78. The third-order valence-corrected chi connectivity index (χ3v) is 3.13. The Hall–Kier alpha value is 0.250. The average molecular weight is 204 g/mol. The van der Waals surface area contributed by atoms with Gasteiger partial charge in [-0.05, 0) is 32.4 Å². The first kappa shape index (κ1) is 11.3. The van der Waals surface area contributed by atoms with Crippen molar-refractivity contribution in [3.05, 3.63) is 0 Å². The van der Waals surface area contributed by atoms with Gasteiger partial charge in [0.25, 0.3) is 0 Å². The maximum absolute atomic E-state index is 6.11. The van der Waals surface area contributed by atoms with Gasteiger partial charge in [0.05, 0.1) is 0 Å². The monoisotopic (exact) mass is 203 g/mol. The minimum atomic E-state index is 0.417. The van der Waals surface area contributed by atoms with E-state index >= 15 is 0 Å². The number of rotatable bonds is 5. The van der Waals surface area contributed by atoms with Gasteiger partial charge in [-0.15, -0.1) is 11.6 Å². The zero-order valence-electron chi connectivity index (χ0n) is 8.77. The molecule has 0 aromatic rings. The lowest BCUT2D eigenvalue weighted by Crippen LogP contribution is -2.36. The third kappa shape index (κ3) is 4.87. The number of hydrogen-bond acceptors (Lipinski definition) is 1. The standard InChI is InChI=1S/C11H22ClN/c1-2-3-4-5-8-13-9-6-7-11(12)10-13/h11H,2-10H2,1H3. The fourth-order valence-corrected chi connectivity index (χ4v) is 2.31. The van der Waals surface area contributed by atoms with E-state index in [4.69, 9.17) is 11.6 Å². The molecular formula is C11H22ClN. The molecule has 1 aliphatic rings. The molecule has 1 heterocycles. The van der Waals surface area contributed by atoms with Crippen molar-refractivity contribution in [2.45, 2.75) is 50.8 Å². The fraction of sp³-hybridized carbons (Fsp3) is 1.00. The zero-order valence-corrected chi connectivity index (χ0v) is 9.52. The first-order valence-corrected chi connectivity index (χ1v) is 6.13. The lowest BCUT2D eigenvalue weighted by Gasteiger charge is -2.29. The highest BCUT2D eigenvalue weighted by atomic mass is 35.5. The highest BCUT2D eigenvalue weighted by Gasteiger charge is 2.16. The Kier molecular flexibility index (Phi) is 5.81. The summed E-state index contributed by atoms with van der Waals surface area (Å²) in [5, 5.41) is 0.417. The molecule has 1 aliphatic heterocycles. The van der Waals surface area contributed by atoms with Crippen LogP contribution in [0.1, 0.15) is 45.4 Å². The molecule has 2 heteroatoms. The Morgan fingerprint density at radius 3 is 2.85 bits per heavy atom. The van der Waals surface area contributed by atoms with E-state index in [1.165, 1.54) is 51.6 Å². The molecule has 0 amide bonds. The zero-order chi connectivity index (χ0) is 9.52. The van der Waals surface area contributed by atoms with Crippen molar-refractivity contribution in [1.29, 1.82) is 0 Å². The van der Waals surface area contributed by atoms with Crippen molar-refractivity contribution >= 4 is 11.6 Å². The van der Waals surface area contributed by atoms with Gasteiger partial charge >= 0.3 is 0 Å². The van der Waals surface area contributed by atoms with E-state index in [1.807, 2.05) is 0 Å². The van der Waals surface area contributed by atoms with Crippen molar-refractivity contribution in [1.82, 2.24) is 4.90 Å². The summed E-state index contributed by atoms with van der Waals surface area (Å²) < 4.78 is 0. The van der Waals surface area contributed by atoms with Gasteiger partial charge in [-0.1, -0.05) is 26.2 Å². The molecule has 0 saturated carbocycles. The number of alkyl halides is 1. The van der Waals surface area contributed by atoms with Crippen molar-refractivity contribution < 1.29 is 0 Å². The number of nitrogens with zero attached hydrogens (tertiary/aromatic N) is 1. The summed E-state index contributed by atoms with van der Waals surface area (Å²) in [6.07, 6.45) is 7.97. The summed E-state index contributed by atoms with van der Waals surface area (Å²) in [6, 6.07) is 0. The van der Waals surface area contributed by atoms with E-state index in [2.05, 4.69) is 11.8 Å². The fourth-order valence-electron chi connectivity index (χ4n) is 1.96. The highest BCUT2D eigenvalue weighted by molar-refractivity contribution is 6.20. The topological polar surface area (TPSA) is 3.24 Å². The smallest absolute Gasteiger partial charge is 0.0463 e. The predicted molar refractivity (Wildman–Crippen MR) is 59.5 cm³/mol. The molecule has 0 aromatic carbocycles. The SMILES string of the molecule is CCCCCCN1CCCC(Cl)C1. The predicted octanol–water partition coefficient (Wildman–Crippen LogP) is 3.27. The van der Waals surface area contributed by atoms with Crippen molar-refractivity contribution in [3.63, 3.8) is 0 Å². The van der Waals surface area contributed by atoms with Crippen LogP contribution in [-0.4, -0.2) is 29.9 Å². The van der Waals surface area contributed by atoms with Crippen LogP contribution >= 0.6 is 11.6 Å². The van der Waals surface area contributed by atoms with Crippen molar-refractivity contribution in [3.8, 4) is 0 Å². The van der Waals surface area contributed by atoms with Crippen LogP contribution in [0, 0.1) is 0 Å². The van der Waals surface area contributed by atoms with Gasteiger partial charge in [0, 0.05) is 11.9 Å².